The number of urea groups is 1. The van der Waals surface area contributed by atoms with E-state index < -0.39 is 0 Å². The summed E-state index contributed by atoms with van der Waals surface area (Å²) in [6, 6.07) is 9.24. The van der Waals surface area contributed by atoms with Gasteiger partial charge in [0.1, 0.15) is 17.2 Å². The first kappa shape index (κ1) is 18.7. The number of aromatic nitrogens is 6. The number of H-pyrrole nitrogens is 1. The summed E-state index contributed by atoms with van der Waals surface area (Å²) in [5.41, 5.74) is 6.19. The van der Waals surface area contributed by atoms with Crippen molar-refractivity contribution in [1.82, 2.24) is 34.9 Å². The van der Waals surface area contributed by atoms with Crippen molar-refractivity contribution in [1.29, 1.82) is 0 Å². The van der Waals surface area contributed by atoms with Gasteiger partial charge in [-0.1, -0.05) is 6.07 Å². The number of nitrogens with one attached hydrogen (secondary N) is 3. The highest BCUT2D eigenvalue weighted by atomic mass is 16.2. The van der Waals surface area contributed by atoms with Crippen LogP contribution in [0.3, 0.4) is 0 Å². The molecular weight excluding hydrogens is 392 g/mol. The van der Waals surface area contributed by atoms with Gasteiger partial charge in [0, 0.05) is 47.5 Å². The fraction of sp³-hybridized carbons (Fsp3) is 0.136. The molecule has 5 heterocycles. The number of hydrogen-bond acceptors (Lipinski definition) is 5. The first-order chi connectivity index (χ1) is 15.1. The average Bonchev–Trinajstić information content (AvgIpc) is 3.37. The summed E-state index contributed by atoms with van der Waals surface area (Å²) in [5.74, 6) is 0.428. The summed E-state index contributed by atoms with van der Waals surface area (Å²) in [6.07, 6.45) is 7.29. The normalized spacial score (nSPS) is 11.2. The zero-order valence-electron chi connectivity index (χ0n) is 17.0. The molecule has 9 nitrogen and oxygen atoms in total. The Bertz CT molecular complexity index is 1420. The molecule has 0 aliphatic rings. The lowest BCUT2D eigenvalue weighted by Gasteiger charge is -2.06. The molecule has 0 saturated heterocycles. The first-order valence-corrected chi connectivity index (χ1v) is 9.82. The molecule has 154 valence electrons. The maximum Gasteiger partial charge on any atom is 0.320 e. The summed E-state index contributed by atoms with van der Waals surface area (Å²) in [6.45, 7) is 4.25. The number of anilines is 1. The van der Waals surface area contributed by atoms with Gasteiger partial charge in [0.2, 0.25) is 0 Å². The van der Waals surface area contributed by atoms with E-state index in [0.29, 0.717) is 12.4 Å². The van der Waals surface area contributed by atoms with Gasteiger partial charge in [0.15, 0.2) is 0 Å². The molecule has 2 amide bonds. The maximum atomic E-state index is 12.3. The van der Waals surface area contributed by atoms with Gasteiger partial charge in [-0.25, -0.2) is 14.8 Å². The van der Waals surface area contributed by atoms with Crippen LogP contribution in [0.25, 0.3) is 27.8 Å². The first-order valence-electron chi connectivity index (χ1n) is 9.82. The molecule has 0 bridgehead atoms. The fourth-order valence-corrected chi connectivity index (χ4v) is 3.52. The molecule has 0 atom stereocenters. The quantitative estimate of drug-likeness (QED) is 0.417. The molecule has 0 aliphatic carbocycles. The van der Waals surface area contributed by atoms with Gasteiger partial charge in [0.05, 0.1) is 17.8 Å². The van der Waals surface area contributed by atoms with E-state index in [0.717, 1.165) is 44.8 Å². The summed E-state index contributed by atoms with van der Waals surface area (Å²) in [4.78, 5) is 25.5. The van der Waals surface area contributed by atoms with E-state index in [4.69, 9.17) is 0 Å². The number of hydrogen-bond donors (Lipinski definition) is 3. The Morgan fingerprint density at radius 2 is 2.10 bits per heavy atom. The van der Waals surface area contributed by atoms with Gasteiger partial charge in [-0.2, -0.15) is 5.10 Å². The van der Waals surface area contributed by atoms with Gasteiger partial charge < -0.3 is 9.72 Å². The highest BCUT2D eigenvalue weighted by Crippen LogP contribution is 2.26. The van der Waals surface area contributed by atoms with Gasteiger partial charge in [-0.3, -0.25) is 15.4 Å². The van der Waals surface area contributed by atoms with Crippen LogP contribution in [-0.2, 0) is 6.54 Å². The van der Waals surface area contributed by atoms with E-state index in [9.17, 15) is 4.79 Å². The van der Waals surface area contributed by atoms with Crippen LogP contribution in [0.15, 0.2) is 55.1 Å². The van der Waals surface area contributed by atoms with Crippen LogP contribution in [0.4, 0.5) is 10.6 Å². The monoisotopic (exact) mass is 412 g/mol. The number of aromatic amines is 1. The molecule has 5 aromatic rings. The number of fused-ring (bicyclic) bond motifs is 2. The number of aryl methyl sites for hydroxylation is 2. The summed E-state index contributed by atoms with van der Waals surface area (Å²) < 4.78 is 1.94. The molecule has 5 rings (SSSR count). The zero-order valence-corrected chi connectivity index (χ0v) is 17.0. The Morgan fingerprint density at radius 1 is 1.19 bits per heavy atom. The average molecular weight is 412 g/mol. The number of amides is 2. The standard InChI is InChI=1S/C22H20N8O/c1-13-4-3-7-30-12-16(26-21(13)30)10-25-22(31)27-19-9-18-17(11-24-19)20(29-28-18)15-5-6-23-14(2)8-15/h3-9,11-12H,10H2,1-2H3,(H,28,29)(H2,24,25,27,31). The minimum Gasteiger partial charge on any atom is -0.332 e. The molecule has 5 aromatic heterocycles. The second kappa shape index (κ2) is 7.52. The molecule has 0 spiro atoms. The second-order valence-electron chi connectivity index (χ2n) is 7.34. The zero-order chi connectivity index (χ0) is 21.4. The van der Waals surface area contributed by atoms with Crippen molar-refractivity contribution in [3.63, 3.8) is 0 Å². The second-order valence-corrected chi connectivity index (χ2v) is 7.34. The van der Waals surface area contributed by atoms with E-state index in [2.05, 4.69) is 35.8 Å². The summed E-state index contributed by atoms with van der Waals surface area (Å²) >= 11 is 0. The smallest absolute Gasteiger partial charge is 0.320 e. The van der Waals surface area contributed by atoms with Crippen LogP contribution in [0.5, 0.6) is 0 Å². The van der Waals surface area contributed by atoms with Crippen molar-refractivity contribution in [2.75, 3.05) is 5.32 Å². The van der Waals surface area contributed by atoms with E-state index in [1.54, 1.807) is 18.5 Å². The lowest BCUT2D eigenvalue weighted by molar-refractivity contribution is 0.251. The molecule has 31 heavy (non-hydrogen) atoms. The Hall–Kier alpha value is -4.27. The lowest BCUT2D eigenvalue weighted by Crippen LogP contribution is -2.28. The molecule has 0 fully saturated rings. The Kier molecular flexibility index (Phi) is 4.55. The number of nitrogens with zero attached hydrogens (tertiary/aromatic N) is 5. The Labute approximate surface area is 177 Å². The number of carbonyl (C=O) groups excluding carboxylic acids is 1. The molecule has 9 heteroatoms. The van der Waals surface area contributed by atoms with E-state index in [-0.39, 0.29) is 6.03 Å². The van der Waals surface area contributed by atoms with Crippen molar-refractivity contribution in [3.05, 3.63) is 72.1 Å². The fourth-order valence-electron chi connectivity index (χ4n) is 3.52. The minimum atomic E-state index is -0.356. The van der Waals surface area contributed by atoms with Crippen LogP contribution in [0, 0.1) is 13.8 Å². The highest BCUT2D eigenvalue weighted by Gasteiger charge is 2.12. The third kappa shape index (κ3) is 3.68. The van der Waals surface area contributed by atoms with Gasteiger partial charge >= 0.3 is 6.03 Å². The SMILES string of the molecule is Cc1cc(-c2n[nH]c3cc(NC(=O)NCc4cn5cccc(C)c5n4)ncc23)ccn1. The van der Waals surface area contributed by atoms with Gasteiger partial charge in [-0.15, -0.1) is 0 Å². The predicted molar refractivity (Wildman–Crippen MR) is 118 cm³/mol. The van der Waals surface area contributed by atoms with Crippen molar-refractivity contribution < 1.29 is 4.79 Å². The van der Waals surface area contributed by atoms with Gasteiger partial charge in [0.25, 0.3) is 0 Å². The molecule has 0 aromatic carbocycles. The number of carbonyl (C=O) groups is 1. The van der Waals surface area contributed by atoms with Crippen molar-refractivity contribution >= 4 is 28.4 Å². The van der Waals surface area contributed by atoms with E-state index in [1.807, 2.05) is 54.9 Å². The molecule has 0 saturated carbocycles. The Morgan fingerprint density at radius 3 is 2.94 bits per heavy atom. The molecule has 3 N–H and O–H groups in total. The van der Waals surface area contributed by atoms with E-state index >= 15 is 0 Å². The molecular formula is C22H20N8O. The van der Waals surface area contributed by atoms with Crippen molar-refractivity contribution in [2.45, 2.75) is 20.4 Å². The summed E-state index contributed by atoms with van der Waals surface area (Å²) in [7, 11) is 0. The number of pyridine rings is 3. The number of imidazole rings is 1. The third-order valence-electron chi connectivity index (χ3n) is 5.02. The third-order valence-corrected chi connectivity index (χ3v) is 5.02. The number of rotatable bonds is 4. The van der Waals surface area contributed by atoms with Crippen LogP contribution in [-0.4, -0.2) is 35.6 Å². The van der Waals surface area contributed by atoms with Crippen molar-refractivity contribution in [3.8, 4) is 11.3 Å². The lowest BCUT2D eigenvalue weighted by atomic mass is 10.1. The van der Waals surface area contributed by atoms with Crippen LogP contribution in [0.1, 0.15) is 17.0 Å². The molecule has 0 unspecified atom stereocenters. The van der Waals surface area contributed by atoms with Crippen LogP contribution < -0.4 is 10.6 Å². The highest BCUT2D eigenvalue weighted by molar-refractivity contribution is 5.95. The maximum absolute atomic E-state index is 12.3. The van der Waals surface area contributed by atoms with Crippen molar-refractivity contribution in [2.24, 2.45) is 0 Å². The van der Waals surface area contributed by atoms with E-state index in [1.165, 1.54) is 0 Å². The Balaban J connectivity index is 1.28. The molecule has 0 aliphatic heterocycles. The molecule has 0 radical (unpaired) electrons. The minimum absolute atomic E-state index is 0.310. The predicted octanol–water partition coefficient (Wildman–Crippen LogP) is 3.61. The van der Waals surface area contributed by atoms with Crippen LogP contribution in [0.2, 0.25) is 0 Å². The summed E-state index contributed by atoms with van der Waals surface area (Å²) in [5, 5.41) is 13.8. The topological polar surface area (TPSA) is 113 Å². The van der Waals surface area contributed by atoms with Gasteiger partial charge in [-0.05, 0) is 37.6 Å². The van der Waals surface area contributed by atoms with Crippen LogP contribution >= 0.6 is 0 Å². The largest absolute Gasteiger partial charge is 0.332 e.